The third-order valence-electron chi connectivity index (χ3n) is 19.5. The first-order valence-electron chi connectivity index (χ1n) is 36.8. The van der Waals surface area contributed by atoms with Gasteiger partial charge in [0.2, 0.25) is 5.75 Å². The van der Waals surface area contributed by atoms with E-state index in [0.717, 1.165) is 39.4 Å². The molecule has 16 rings (SSSR count). The van der Waals surface area contributed by atoms with E-state index in [1.165, 1.54) is 67.5 Å². The predicted molar refractivity (Wildman–Crippen MR) is 438 cm³/mol. The summed E-state index contributed by atoms with van der Waals surface area (Å²) in [5, 5.41) is 21.5. The molecule has 0 fully saturated rings. The Morgan fingerprint density at radius 1 is 0.319 bits per heavy atom. The van der Waals surface area contributed by atoms with Gasteiger partial charge in [-0.1, -0.05) is 42.0 Å². The van der Waals surface area contributed by atoms with Crippen molar-refractivity contribution in [1.29, 1.82) is 0 Å². The third kappa shape index (κ3) is 18.4. The van der Waals surface area contributed by atoms with Crippen LogP contribution in [0, 0.1) is 6.92 Å². The molecule has 4 aliphatic heterocycles. The summed E-state index contributed by atoms with van der Waals surface area (Å²) in [6, 6.07) is 46.5. The first kappa shape index (κ1) is 81.0. The van der Waals surface area contributed by atoms with Crippen LogP contribution in [0.15, 0.2) is 292 Å². The Hall–Kier alpha value is -16.1. The maximum Gasteiger partial charge on any atom is 0.319 e. The minimum Gasteiger partial charge on any atom is -0.497 e. The number of carbonyl (C=O) groups is 8. The molecule has 8 heterocycles. The van der Waals surface area contributed by atoms with E-state index in [4.69, 9.17) is 33.2 Å². The topological polar surface area (TPSA) is 369 Å². The molecule has 0 bridgehead atoms. The van der Waals surface area contributed by atoms with E-state index < -0.39 is 36.2 Å². The fourth-order valence-corrected chi connectivity index (χ4v) is 13.5. The maximum absolute atomic E-state index is 13.4. The Morgan fingerprint density at radius 3 is 0.992 bits per heavy atom. The van der Waals surface area contributed by atoms with Crippen molar-refractivity contribution >= 4 is 47.3 Å². The number of benzene rings is 8. The number of hydrogen-bond acceptors (Lipinski definition) is 19. The standard InChI is InChI=1S/2C23H22N4O5.C21H18N4O3.C21H18N4O2/c1-30-18-11-20(32-3)19(31-2)10-16(18)21-17(12-25-23(29)26-21)22(28)14-4-6-15(7-5-14)27-9-8-24-13-27;1-30-18-9-8-16(21(31-2)22(18)32-3)19-17(12-25-23(29)26-19)20(28)14-4-6-15(7-5-14)27-11-10-24-13-27;1-28-17-4-2-3-15(11-17)19-18(12-23-21(27)24-19)20(26)14-5-7-16(8-6-14)25-10-9-22-13-25;1-14-3-2-4-16(11-14)19-18(12-23-21(27)24-19)20(26)15-5-7-17(8-6-15)25-10-9-22-13-25/h4-13,21H,1-3H3,(H2,25,26,29);4-13,19H,1-3H3,(H2,25,26,29);2-13,19H,1H3,(H2,23,24,27);2-13,19H,1H3,(H2,23,24,27). The van der Waals surface area contributed by atoms with Crippen LogP contribution in [0.4, 0.5) is 19.2 Å². The van der Waals surface area contributed by atoms with E-state index in [2.05, 4.69) is 62.5 Å². The quantitative estimate of drug-likeness (QED) is 0.0276. The molecule has 4 unspecified atom stereocenters. The lowest BCUT2D eigenvalue weighted by molar-refractivity contribution is 0.101. The molecule has 119 heavy (non-hydrogen) atoms. The second-order valence-electron chi connectivity index (χ2n) is 26.5. The predicted octanol–water partition coefficient (Wildman–Crippen LogP) is 12.3. The minimum absolute atomic E-state index is 0.133. The second kappa shape index (κ2) is 37.3. The number of urea groups is 4. The number of imidazole rings is 4. The summed E-state index contributed by atoms with van der Waals surface area (Å²) >= 11 is 0. The van der Waals surface area contributed by atoms with Gasteiger partial charge < -0.3 is 94.0 Å². The number of Topliss-reactive ketones (excluding diaryl/α,β-unsaturated/α-hetero) is 4. The van der Waals surface area contributed by atoms with Gasteiger partial charge in [0.1, 0.15) is 11.5 Å². The summed E-state index contributed by atoms with van der Waals surface area (Å²) < 4.78 is 45.3. The Kier molecular flexibility index (Phi) is 25.3. The molecule has 4 atom stereocenters. The van der Waals surface area contributed by atoms with Crippen LogP contribution in [0.3, 0.4) is 0 Å². The Bertz CT molecular complexity index is 5700. The molecule has 8 aromatic carbocycles. The minimum atomic E-state index is -0.751. The van der Waals surface area contributed by atoms with Gasteiger partial charge in [-0.25, -0.2) is 39.1 Å². The largest absolute Gasteiger partial charge is 0.497 e. The molecular weight excluding hydrogens is 1520 g/mol. The number of methoxy groups -OCH3 is 7. The summed E-state index contributed by atoms with van der Waals surface area (Å²) in [4.78, 5) is 117. The maximum atomic E-state index is 13.4. The summed E-state index contributed by atoms with van der Waals surface area (Å²) in [7, 11) is 10.6. The molecule has 12 aromatic rings. The lowest BCUT2D eigenvalue weighted by Gasteiger charge is -2.28. The van der Waals surface area contributed by atoms with E-state index >= 15 is 0 Å². The normalized spacial score (nSPS) is 15.7. The number of hydrogen-bond donors (Lipinski definition) is 8. The van der Waals surface area contributed by atoms with Gasteiger partial charge in [-0.15, -0.1) is 0 Å². The van der Waals surface area contributed by atoms with Crippen LogP contribution >= 0.6 is 0 Å². The van der Waals surface area contributed by atoms with E-state index in [-0.39, 0.29) is 35.2 Å². The lowest BCUT2D eigenvalue weighted by atomic mass is 9.91. The molecule has 8 N–H and O–H groups in total. The zero-order valence-corrected chi connectivity index (χ0v) is 65.4. The van der Waals surface area contributed by atoms with Crippen LogP contribution in [-0.2, 0) is 0 Å². The van der Waals surface area contributed by atoms with Crippen molar-refractivity contribution in [3.63, 3.8) is 0 Å². The summed E-state index contributed by atoms with van der Waals surface area (Å²) in [6.45, 7) is 1.98. The fourth-order valence-electron chi connectivity index (χ4n) is 13.5. The number of amides is 8. The van der Waals surface area contributed by atoms with Crippen LogP contribution in [0.5, 0.6) is 40.2 Å². The zero-order valence-electron chi connectivity index (χ0n) is 65.4. The molecule has 4 aromatic heterocycles. The number of ketones is 4. The second-order valence-corrected chi connectivity index (χ2v) is 26.5. The van der Waals surface area contributed by atoms with Gasteiger partial charge in [-0.3, -0.25) is 19.2 Å². The van der Waals surface area contributed by atoms with E-state index in [1.54, 1.807) is 136 Å². The molecule has 0 spiro atoms. The van der Waals surface area contributed by atoms with Gasteiger partial charge in [0.25, 0.3) is 0 Å². The average molecular weight is 1600 g/mol. The van der Waals surface area contributed by atoms with E-state index in [1.807, 2.05) is 141 Å². The zero-order chi connectivity index (χ0) is 83.6. The number of nitrogens with one attached hydrogen (secondary N) is 8. The first-order valence-corrected chi connectivity index (χ1v) is 36.8. The smallest absolute Gasteiger partial charge is 0.319 e. The van der Waals surface area contributed by atoms with Crippen molar-refractivity contribution < 1.29 is 71.5 Å². The van der Waals surface area contributed by atoms with Gasteiger partial charge in [-0.2, -0.15) is 0 Å². The van der Waals surface area contributed by atoms with Crippen LogP contribution in [0.25, 0.3) is 22.7 Å². The van der Waals surface area contributed by atoms with Gasteiger partial charge in [-0.05, 0) is 145 Å². The number of aryl methyl sites for hydroxylation is 1. The first-order chi connectivity index (χ1) is 57.9. The molecule has 31 heteroatoms. The molecule has 4 aliphatic rings. The van der Waals surface area contributed by atoms with E-state index in [9.17, 15) is 38.4 Å². The number of carbonyl (C=O) groups excluding carboxylic acids is 8. The summed E-state index contributed by atoms with van der Waals surface area (Å²) in [6.07, 6.45) is 26.6. The van der Waals surface area contributed by atoms with Crippen LogP contribution in [0.2, 0.25) is 0 Å². The molecule has 0 aliphatic carbocycles. The molecule has 0 saturated carbocycles. The highest BCUT2D eigenvalue weighted by molar-refractivity contribution is 6.13. The van der Waals surface area contributed by atoms with Crippen molar-refractivity contribution in [2.24, 2.45) is 0 Å². The number of nitrogens with zero attached hydrogens (tertiary/aromatic N) is 8. The average Bonchev–Trinajstić information content (AvgIpc) is 1.44. The Labute approximate surface area is 682 Å². The number of ether oxygens (including phenoxy) is 7. The van der Waals surface area contributed by atoms with Crippen molar-refractivity contribution in [1.82, 2.24) is 80.7 Å². The monoisotopic (exact) mass is 1600 g/mol. The highest BCUT2D eigenvalue weighted by Crippen LogP contribution is 2.45. The fraction of sp³-hybridized carbons (Fsp3) is 0.136. The summed E-state index contributed by atoms with van der Waals surface area (Å²) in [5.41, 5.74) is 11.1. The molecular formula is C88H80N16O15. The summed E-state index contributed by atoms with van der Waals surface area (Å²) in [5.74, 6) is 2.46. The molecule has 0 saturated heterocycles. The third-order valence-corrected chi connectivity index (χ3v) is 19.5. The van der Waals surface area contributed by atoms with Crippen molar-refractivity contribution in [3.05, 3.63) is 342 Å². The van der Waals surface area contributed by atoms with Gasteiger partial charge in [0.05, 0.1) is 99.2 Å². The van der Waals surface area contributed by atoms with Gasteiger partial charge >= 0.3 is 24.1 Å². The van der Waals surface area contributed by atoms with Crippen molar-refractivity contribution in [2.75, 3.05) is 49.8 Å². The van der Waals surface area contributed by atoms with Crippen molar-refractivity contribution in [3.8, 4) is 63.0 Å². The molecule has 31 nitrogen and oxygen atoms in total. The molecule has 0 radical (unpaired) electrons. The van der Waals surface area contributed by atoms with Gasteiger partial charge in [0.15, 0.2) is 46.1 Å². The molecule has 8 amide bonds. The van der Waals surface area contributed by atoms with Crippen LogP contribution in [0.1, 0.15) is 93.4 Å². The van der Waals surface area contributed by atoms with E-state index in [0.29, 0.717) is 95.9 Å². The van der Waals surface area contributed by atoms with Crippen molar-refractivity contribution in [2.45, 2.75) is 31.1 Å². The van der Waals surface area contributed by atoms with Gasteiger partial charge in [0, 0.05) is 159 Å². The SMILES string of the molecule is COc1cc(OC)c(C2NC(=O)NC=C2C(=O)c2ccc(-n3ccnc3)cc2)cc1OC.COc1ccc(C2NC(=O)NC=C2C(=O)c2ccc(-n3ccnc3)cc2)c(OC)c1OC.COc1cccc(C2NC(=O)NC=C2C(=O)c2ccc(-n3ccnc3)cc2)c1.Cc1cccc(C2NC(=O)NC=C2C(=O)c2ccc(-n3ccnc3)cc2)c1. The molecule has 602 valence electrons. The number of rotatable bonds is 23. The Morgan fingerprint density at radius 2 is 0.655 bits per heavy atom. The number of aromatic nitrogens is 8. The lowest BCUT2D eigenvalue weighted by Crippen LogP contribution is -2.42. The van der Waals surface area contributed by atoms with Crippen LogP contribution in [-0.4, -0.2) is 135 Å². The Balaban J connectivity index is 0.000000138. The highest BCUT2D eigenvalue weighted by atomic mass is 16.5. The van der Waals surface area contributed by atoms with Crippen LogP contribution < -0.4 is 75.7 Å². The highest BCUT2D eigenvalue weighted by Gasteiger charge is 2.36.